The van der Waals surface area contributed by atoms with Gasteiger partial charge < -0.3 is 10.2 Å². The number of hydrogen-bond acceptors (Lipinski definition) is 2. The van der Waals surface area contributed by atoms with Crippen LogP contribution in [0.1, 0.15) is 18.4 Å². The molecule has 134 valence electrons. The Morgan fingerprint density at radius 3 is 2.84 bits per heavy atom. The smallest absolute Gasteiger partial charge is 0.320 e. The SMILES string of the molecule is O=C(Nc1cc(C(F)(F)F)ccc1F)N1CCC[C@@H]1Cn1cccn1. The van der Waals surface area contributed by atoms with Crippen molar-refractivity contribution in [3.05, 3.63) is 48.0 Å². The Morgan fingerprint density at radius 1 is 1.36 bits per heavy atom. The van der Waals surface area contributed by atoms with Crippen LogP contribution in [-0.2, 0) is 12.7 Å². The standard InChI is InChI=1S/C16H16F4N4O/c17-13-5-4-11(16(18,19)20)9-14(13)22-15(25)24-8-1-3-12(24)10-23-7-2-6-21-23/h2,4-7,9,12H,1,3,8,10H2,(H,22,25)/t12-/m1/s1. The van der Waals surface area contributed by atoms with E-state index in [0.717, 1.165) is 12.8 Å². The molecular weight excluding hydrogens is 340 g/mol. The van der Waals surface area contributed by atoms with Crippen LogP contribution in [0, 0.1) is 5.82 Å². The molecule has 1 atom stereocenters. The fourth-order valence-electron chi connectivity index (χ4n) is 2.90. The van der Waals surface area contributed by atoms with E-state index in [4.69, 9.17) is 0 Å². The Morgan fingerprint density at radius 2 is 2.16 bits per heavy atom. The van der Waals surface area contributed by atoms with Crippen molar-refractivity contribution in [2.45, 2.75) is 31.6 Å². The van der Waals surface area contributed by atoms with Crippen LogP contribution in [0.4, 0.5) is 28.0 Å². The largest absolute Gasteiger partial charge is 0.416 e. The van der Waals surface area contributed by atoms with E-state index >= 15 is 0 Å². The molecule has 0 radical (unpaired) electrons. The summed E-state index contributed by atoms with van der Waals surface area (Å²) in [5, 5.41) is 6.34. The number of nitrogens with one attached hydrogen (secondary N) is 1. The van der Waals surface area contributed by atoms with E-state index in [1.807, 2.05) is 0 Å². The highest BCUT2D eigenvalue weighted by atomic mass is 19.4. The van der Waals surface area contributed by atoms with Crippen molar-refractivity contribution in [2.75, 3.05) is 11.9 Å². The summed E-state index contributed by atoms with van der Waals surface area (Å²) in [5.41, 5.74) is -1.50. The Hall–Kier alpha value is -2.58. The van der Waals surface area contributed by atoms with Crippen LogP contribution in [-0.4, -0.2) is 33.3 Å². The first-order valence-electron chi connectivity index (χ1n) is 7.76. The maximum Gasteiger partial charge on any atom is 0.416 e. The molecule has 1 aromatic carbocycles. The molecule has 1 fully saturated rings. The minimum atomic E-state index is -4.61. The van der Waals surface area contributed by atoms with Gasteiger partial charge in [-0.05, 0) is 37.1 Å². The van der Waals surface area contributed by atoms with Gasteiger partial charge in [-0.2, -0.15) is 18.3 Å². The van der Waals surface area contributed by atoms with Gasteiger partial charge in [-0.15, -0.1) is 0 Å². The van der Waals surface area contributed by atoms with Gasteiger partial charge in [0.2, 0.25) is 0 Å². The molecule has 0 bridgehead atoms. The molecule has 0 aliphatic carbocycles. The van der Waals surface area contributed by atoms with Gasteiger partial charge in [0.25, 0.3) is 0 Å². The monoisotopic (exact) mass is 356 g/mol. The maximum atomic E-state index is 13.8. The Labute approximate surface area is 141 Å². The first-order chi connectivity index (χ1) is 11.8. The third kappa shape index (κ3) is 3.92. The van der Waals surface area contributed by atoms with Crippen LogP contribution >= 0.6 is 0 Å². The van der Waals surface area contributed by atoms with E-state index in [-0.39, 0.29) is 6.04 Å². The second kappa shape index (κ2) is 6.73. The van der Waals surface area contributed by atoms with Gasteiger partial charge in [0.15, 0.2) is 0 Å². The van der Waals surface area contributed by atoms with Gasteiger partial charge in [-0.3, -0.25) is 4.68 Å². The van der Waals surface area contributed by atoms with Crippen LogP contribution in [0.5, 0.6) is 0 Å². The predicted molar refractivity (Wildman–Crippen MR) is 82.4 cm³/mol. The number of hydrogen-bond donors (Lipinski definition) is 1. The first kappa shape index (κ1) is 17.2. The van der Waals surface area contributed by atoms with E-state index in [9.17, 15) is 22.4 Å². The van der Waals surface area contributed by atoms with E-state index < -0.39 is 29.3 Å². The number of nitrogens with zero attached hydrogens (tertiary/aromatic N) is 3. The van der Waals surface area contributed by atoms with Crippen LogP contribution in [0.3, 0.4) is 0 Å². The Balaban J connectivity index is 1.73. The van der Waals surface area contributed by atoms with Gasteiger partial charge in [0.05, 0.1) is 23.8 Å². The van der Waals surface area contributed by atoms with Crippen LogP contribution in [0.2, 0.25) is 0 Å². The number of likely N-dealkylation sites (tertiary alicyclic amines) is 1. The molecular formula is C16H16F4N4O. The number of anilines is 1. The van der Waals surface area contributed by atoms with Crippen molar-refractivity contribution in [3.8, 4) is 0 Å². The van der Waals surface area contributed by atoms with Crippen LogP contribution < -0.4 is 5.32 Å². The van der Waals surface area contributed by atoms with E-state index in [0.29, 0.717) is 31.3 Å². The maximum absolute atomic E-state index is 13.8. The zero-order valence-corrected chi connectivity index (χ0v) is 13.1. The number of urea groups is 1. The summed E-state index contributed by atoms with van der Waals surface area (Å²) >= 11 is 0. The number of benzene rings is 1. The summed E-state index contributed by atoms with van der Waals surface area (Å²) in [6.45, 7) is 0.934. The molecule has 5 nitrogen and oxygen atoms in total. The fraction of sp³-hybridized carbons (Fsp3) is 0.375. The molecule has 0 unspecified atom stereocenters. The van der Waals surface area contributed by atoms with Gasteiger partial charge in [0, 0.05) is 18.9 Å². The van der Waals surface area contributed by atoms with E-state index in [2.05, 4.69) is 10.4 Å². The molecule has 9 heteroatoms. The normalized spacial score (nSPS) is 17.8. The average molecular weight is 356 g/mol. The summed E-state index contributed by atoms with van der Waals surface area (Å²) in [7, 11) is 0. The van der Waals surface area contributed by atoms with Crippen molar-refractivity contribution in [1.82, 2.24) is 14.7 Å². The quantitative estimate of drug-likeness (QED) is 0.852. The number of carbonyl (C=O) groups is 1. The molecule has 1 saturated heterocycles. The zero-order valence-electron chi connectivity index (χ0n) is 13.1. The van der Waals surface area contributed by atoms with Crippen molar-refractivity contribution in [1.29, 1.82) is 0 Å². The third-order valence-electron chi connectivity index (χ3n) is 4.13. The highest BCUT2D eigenvalue weighted by molar-refractivity contribution is 5.90. The lowest BCUT2D eigenvalue weighted by molar-refractivity contribution is -0.137. The number of rotatable bonds is 3. The van der Waals surface area contributed by atoms with E-state index in [1.54, 1.807) is 23.1 Å². The molecule has 1 aliphatic heterocycles. The predicted octanol–water partition coefficient (Wildman–Crippen LogP) is 3.74. The number of carbonyl (C=O) groups excluding carboxylic acids is 1. The lowest BCUT2D eigenvalue weighted by Crippen LogP contribution is -2.41. The lowest BCUT2D eigenvalue weighted by Gasteiger charge is -2.25. The molecule has 0 spiro atoms. The number of alkyl halides is 3. The van der Waals surface area contributed by atoms with Crippen molar-refractivity contribution in [2.24, 2.45) is 0 Å². The molecule has 2 aromatic rings. The number of halogens is 4. The molecule has 1 aliphatic rings. The highest BCUT2D eigenvalue weighted by Crippen LogP contribution is 2.32. The number of amides is 2. The molecule has 2 amide bonds. The summed E-state index contributed by atoms with van der Waals surface area (Å²) < 4.78 is 53.7. The lowest BCUT2D eigenvalue weighted by atomic mass is 10.2. The minimum Gasteiger partial charge on any atom is -0.320 e. The fourth-order valence-corrected chi connectivity index (χ4v) is 2.90. The Bertz CT molecular complexity index is 745. The second-order valence-electron chi connectivity index (χ2n) is 5.84. The van der Waals surface area contributed by atoms with E-state index in [1.165, 1.54) is 4.90 Å². The summed E-state index contributed by atoms with van der Waals surface area (Å²) in [6, 6.07) is 2.94. The van der Waals surface area contributed by atoms with Crippen molar-refractivity contribution in [3.63, 3.8) is 0 Å². The molecule has 0 saturated carbocycles. The summed E-state index contributed by atoms with van der Waals surface area (Å²) in [6.07, 6.45) is 0.296. The summed E-state index contributed by atoms with van der Waals surface area (Å²) in [5.74, 6) is -0.913. The minimum absolute atomic E-state index is 0.145. The first-order valence-corrected chi connectivity index (χ1v) is 7.76. The molecule has 1 N–H and O–H groups in total. The molecule has 3 rings (SSSR count). The average Bonchev–Trinajstić information content (AvgIpc) is 3.20. The van der Waals surface area contributed by atoms with Gasteiger partial charge in [-0.1, -0.05) is 0 Å². The van der Waals surface area contributed by atoms with Gasteiger partial charge in [0.1, 0.15) is 5.82 Å². The Kier molecular flexibility index (Phi) is 4.65. The summed E-state index contributed by atoms with van der Waals surface area (Å²) in [4.78, 5) is 13.9. The van der Waals surface area contributed by atoms with Crippen molar-refractivity contribution < 1.29 is 22.4 Å². The van der Waals surface area contributed by atoms with Crippen LogP contribution in [0.25, 0.3) is 0 Å². The van der Waals surface area contributed by atoms with Crippen molar-refractivity contribution >= 4 is 11.7 Å². The van der Waals surface area contributed by atoms with Gasteiger partial charge in [-0.25, -0.2) is 9.18 Å². The topological polar surface area (TPSA) is 50.2 Å². The van der Waals surface area contributed by atoms with Crippen LogP contribution in [0.15, 0.2) is 36.7 Å². The molecule has 1 aromatic heterocycles. The molecule has 2 heterocycles. The number of aromatic nitrogens is 2. The molecule has 25 heavy (non-hydrogen) atoms. The van der Waals surface area contributed by atoms with Gasteiger partial charge >= 0.3 is 12.2 Å². The third-order valence-corrected chi connectivity index (χ3v) is 4.13. The highest BCUT2D eigenvalue weighted by Gasteiger charge is 2.33. The second-order valence-corrected chi connectivity index (χ2v) is 5.84. The zero-order chi connectivity index (χ0) is 18.0.